The van der Waals surface area contributed by atoms with Crippen molar-refractivity contribution < 1.29 is 22.7 Å². The van der Waals surface area contributed by atoms with Crippen LogP contribution in [0.25, 0.3) is 0 Å². The molecular weight excluding hydrogens is 528 g/mol. The quantitative estimate of drug-likeness (QED) is 0.255. The molecule has 1 aliphatic carbocycles. The third-order valence-corrected chi connectivity index (χ3v) is 6.71. The molecule has 0 bridgehead atoms. The molecule has 2 aliphatic rings. The first-order valence-corrected chi connectivity index (χ1v) is 12.6. The number of hydrogen-bond acceptors (Lipinski definition) is 5. The molecule has 2 fully saturated rings. The van der Waals surface area contributed by atoms with E-state index in [0.29, 0.717) is 41.1 Å². The Kier molecular flexibility index (Phi) is 8.36. The molecule has 0 unspecified atom stereocenters. The van der Waals surface area contributed by atoms with Gasteiger partial charge in [0, 0.05) is 48.1 Å². The zero-order chi connectivity index (χ0) is 26.6. The van der Waals surface area contributed by atoms with Crippen molar-refractivity contribution in [3.8, 4) is 5.75 Å². The highest BCUT2D eigenvalue weighted by atomic mass is 35.5. The molecule has 37 heavy (non-hydrogen) atoms. The summed E-state index contributed by atoms with van der Waals surface area (Å²) in [6.07, 6.45) is -1.14. The number of alkyl halides is 3. The molecule has 2 aromatic carbocycles. The molecule has 1 aliphatic heterocycles. The molecule has 0 spiro atoms. The van der Waals surface area contributed by atoms with Crippen LogP contribution in [0.1, 0.15) is 30.9 Å². The fourth-order valence-corrected chi connectivity index (χ4v) is 4.36. The fourth-order valence-electron chi connectivity index (χ4n) is 4.04. The third-order valence-electron chi connectivity index (χ3n) is 6.22. The van der Waals surface area contributed by atoms with Crippen LogP contribution in [0.5, 0.6) is 5.75 Å². The maximum atomic E-state index is 13.4. The summed E-state index contributed by atoms with van der Waals surface area (Å²) in [6.45, 7) is 3.82. The molecular formula is C26H27Cl2F3N4O2. The van der Waals surface area contributed by atoms with Crippen LogP contribution in [0.15, 0.2) is 59.7 Å². The van der Waals surface area contributed by atoms with Gasteiger partial charge in [0.1, 0.15) is 5.75 Å². The van der Waals surface area contributed by atoms with Gasteiger partial charge in [-0.05, 0) is 48.9 Å². The summed E-state index contributed by atoms with van der Waals surface area (Å²) in [5.41, 5.74) is 2.22. The molecule has 11 heteroatoms. The maximum Gasteiger partial charge on any atom is 0.428 e. The van der Waals surface area contributed by atoms with E-state index in [2.05, 4.69) is 10.5 Å². The molecule has 1 saturated carbocycles. The molecule has 0 radical (unpaired) electrons. The van der Waals surface area contributed by atoms with Gasteiger partial charge in [-0.3, -0.25) is 14.6 Å². The number of rotatable bonds is 8. The Bertz CT molecular complexity index is 1180. The number of nitrogens with zero attached hydrogens (tertiary/aromatic N) is 3. The number of amides is 1. The highest BCUT2D eigenvalue weighted by Gasteiger charge is 2.66. The largest absolute Gasteiger partial charge is 0.477 e. The van der Waals surface area contributed by atoms with E-state index < -0.39 is 11.8 Å². The first kappa shape index (κ1) is 27.3. The number of benzene rings is 2. The van der Waals surface area contributed by atoms with Crippen molar-refractivity contribution in [1.29, 1.82) is 0 Å². The second kappa shape index (κ2) is 11.3. The molecule has 1 amide bonds. The van der Waals surface area contributed by atoms with Crippen molar-refractivity contribution in [2.75, 3.05) is 19.6 Å². The number of allylic oxidation sites excluding steroid dienone is 1. The van der Waals surface area contributed by atoms with Gasteiger partial charge in [-0.15, -0.1) is 0 Å². The van der Waals surface area contributed by atoms with Crippen LogP contribution in [0.2, 0.25) is 10.0 Å². The Morgan fingerprint density at radius 1 is 1.14 bits per heavy atom. The summed E-state index contributed by atoms with van der Waals surface area (Å²) in [5, 5.41) is 5.39. The number of hydrogen-bond donors (Lipinski definition) is 1. The first-order chi connectivity index (χ1) is 17.6. The molecule has 6 nitrogen and oxygen atoms in total. The third kappa shape index (κ3) is 6.77. The highest BCUT2D eigenvalue weighted by Crippen LogP contribution is 2.52. The molecule has 1 saturated heterocycles. The number of ether oxygens (including phenoxy) is 1. The average molecular weight is 555 g/mol. The predicted molar refractivity (Wildman–Crippen MR) is 138 cm³/mol. The van der Waals surface area contributed by atoms with Crippen LogP contribution in [-0.2, 0) is 17.9 Å². The van der Waals surface area contributed by atoms with E-state index in [1.165, 1.54) is 12.1 Å². The van der Waals surface area contributed by atoms with Gasteiger partial charge < -0.3 is 10.2 Å². The lowest BCUT2D eigenvalue weighted by Gasteiger charge is -2.34. The molecule has 4 rings (SSSR count). The molecule has 0 aromatic heterocycles. The van der Waals surface area contributed by atoms with Crippen LogP contribution in [0, 0.1) is 0 Å². The van der Waals surface area contributed by atoms with Gasteiger partial charge in [0.05, 0.1) is 13.1 Å². The summed E-state index contributed by atoms with van der Waals surface area (Å²) in [6, 6.07) is 12.0. The minimum absolute atomic E-state index is 0.0651. The van der Waals surface area contributed by atoms with Gasteiger partial charge in [0.2, 0.25) is 11.5 Å². The van der Waals surface area contributed by atoms with Crippen molar-refractivity contribution in [2.24, 2.45) is 5.10 Å². The van der Waals surface area contributed by atoms with Crippen molar-refractivity contribution in [3.05, 3.63) is 75.8 Å². The van der Waals surface area contributed by atoms with Gasteiger partial charge in [0.25, 0.3) is 0 Å². The topological polar surface area (TPSA) is 57.2 Å². The van der Waals surface area contributed by atoms with E-state index in [1.54, 1.807) is 23.1 Å². The zero-order valence-corrected chi connectivity index (χ0v) is 21.7. The lowest BCUT2D eigenvalue weighted by Crippen LogP contribution is -2.52. The fraction of sp³-hybridized carbons (Fsp3) is 0.385. The molecule has 198 valence electrons. The van der Waals surface area contributed by atoms with E-state index in [0.717, 1.165) is 5.56 Å². The molecule has 1 N–H and O–H groups in total. The summed E-state index contributed by atoms with van der Waals surface area (Å²) < 4.78 is 45.6. The van der Waals surface area contributed by atoms with Crippen LogP contribution >= 0.6 is 23.2 Å². The summed E-state index contributed by atoms with van der Waals surface area (Å²) in [7, 11) is 0. The van der Waals surface area contributed by atoms with Gasteiger partial charge >= 0.3 is 6.18 Å². The lowest BCUT2D eigenvalue weighted by molar-refractivity contribution is -0.208. The Hall–Kier alpha value is -2.75. The zero-order valence-electron chi connectivity index (χ0n) is 20.2. The monoisotopic (exact) mass is 554 g/mol. The van der Waals surface area contributed by atoms with Gasteiger partial charge in [0.15, 0.2) is 5.84 Å². The van der Waals surface area contributed by atoms with Crippen molar-refractivity contribution in [3.63, 3.8) is 0 Å². The Labute approximate surface area is 223 Å². The van der Waals surface area contributed by atoms with Crippen molar-refractivity contribution in [1.82, 2.24) is 15.2 Å². The summed E-state index contributed by atoms with van der Waals surface area (Å²) >= 11 is 12.0. The van der Waals surface area contributed by atoms with Crippen LogP contribution < -0.4 is 10.2 Å². The smallest absolute Gasteiger partial charge is 0.428 e. The van der Waals surface area contributed by atoms with Crippen molar-refractivity contribution in [2.45, 2.75) is 44.6 Å². The lowest BCUT2D eigenvalue weighted by atomic mass is 10.2. The van der Waals surface area contributed by atoms with Crippen LogP contribution in [0.3, 0.4) is 0 Å². The number of piperazine rings is 1. The number of nitrogens with one attached hydrogen (secondary N) is 1. The minimum atomic E-state index is -4.45. The SMILES string of the molecule is C/C=C/C(=N\NCc1cc(Cl)ccc1OC1(C(F)(F)F)CC1)N1CCN(Cc2ccc(Cl)cc2)CC1=O. The van der Waals surface area contributed by atoms with E-state index >= 15 is 0 Å². The van der Waals surface area contributed by atoms with Crippen molar-refractivity contribution >= 4 is 34.9 Å². The van der Waals surface area contributed by atoms with E-state index in [1.807, 2.05) is 36.1 Å². The second-order valence-electron chi connectivity index (χ2n) is 9.03. The number of hydrazone groups is 1. The van der Waals surface area contributed by atoms with E-state index in [4.69, 9.17) is 27.9 Å². The van der Waals surface area contributed by atoms with Gasteiger partial charge in [-0.25, -0.2) is 0 Å². The highest BCUT2D eigenvalue weighted by molar-refractivity contribution is 6.30. The normalized spacial score (nSPS) is 18.4. The Morgan fingerprint density at radius 2 is 1.84 bits per heavy atom. The number of amidine groups is 1. The Balaban J connectivity index is 1.41. The van der Waals surface area contributed by atoms with E-state index in [-0.39, 0.29) is 37.6 Å². The molecule has 1 heterocycles. The van der Waals surface area contributed by atoms with Crippen LogP contribution in [0.4, 0.5) is 13.2 Å². The molecule has 0 atom stereocenters. The van der Waals surface area contributed by atoms with Gasteiger partial charge in [-0.1, -0.05) is 41.4 Å². The van der Waals surface area contributed by atoms with Crippen LogP contribution in [-0.4, -0.2) is 53.0 Å². The second-order valence-corrected chi connectivity index (χ2v) is 9.91. The summed E-state index contributed by atoms with van der Waals surface area (Å²) in [5.74, 6) is 0.407. The van der Waals surface area contributed by atoms with E-state index in [9.17, 15) is 18.0 Å². The molecule has 2 aromatic rings. The predicted octanol–water partition coefficient (Wildman–Crippen LogP) is 5.79. The van der Waals surface area contributed by atoms with Gasteiger partial charge in [-0.2, -0.15) is 18.3 Å². The number of halogens is 5. The number of carbonyl (C=O) groups excluding carboxylic acids is 1. The summed E-state index contributed by atoms with van der Waals surface area (Å²) in [4.78, 5) is 16.6. The minimum Gasteiger partial charge on any atom is -0.477 e. The standard InChI is InChI=1S/C26H27Cl2F3N4O2/c1-2-3-23(35-13-12-34(17-24(35)36)16-18-4-6-20(27)7-5-18)33-32-15-19-14-21(28)8-9-22(19)37-25(10-11-25)26(29,30)31/h2-9,14,32H,10-13,15-17H2,1H3/b3-2+,33-23+. The first-order valence-electron chi connectivity index (χ1n) is 11.8. The number of carbonyl (C=O) groups is 1. The Morgan fingerprint density at radius 3 is 2.46 bits per heavy atom. The maximum absolute atomic E-state index is 13.4. The average Bonchev–Trinajstić information content (AvgIpc) is 3.63.